The lowest BCUT2D eigenvalue weighted by Crippen LogP contribution is -2.46. The van der Waals surface area contributed by atoms with Gasteiger partial charge < -0.3 is 18.8 Å². The third-order valence-corrected chi connectivity index (χ3v) is 6.94. The molecule has 5 rings (SSSR count). The molecule has 2 aromatic carbocycles. The summed E-state index contributed by atoms with van der Waals surface area (Å²) >= 11 is 0. The van der Waals surface area contributed by atoms with Crippen LogP contribution in [-0.4, -0.2) is 56.3 Å². The molecule has 0 aliphatic carbocycles. The van der Waals surface area contributed by atoms with Crippen LogP contribution in [0.15, 0.2) is 57.9 Å². The van der Waals surface area contributed by atoms with Crippen molar-refractivity contribution in [2.24, 2.45) is 0 Å². The molecule has 7 nitrogen and oxygen atoms in total. The fraction of sp³-hybridized carbons (Fsp3) is 0.357. The minimum atomic E-state index is -0.316. The van der Waals surface area contributed by atoms with Crippen LogP contribution in [0.1, 0.15) is 17.5 Å². The minimum absolute atomic E-state index is 0.316. The highest BCUT2D eigenvalue weighted by Gasteiger charge is 2.18. The molecule has 0 N–H and O–H groups in total. The van der Waals surface area contributed by atoms with Crippen molar-refractivity contribution in [3.05, 3.63) is 70.2 Å². The summed E-state index contributed by atoms with van der Waals surface area (Å²) in [5, 5.41) is 2.06. The largest absolute Gasteiger partial charge is 0.493 e. The Morgan fingerprint density at radius 3 is 2.63 bits per heavy atom. The number of benzene rings is 2. The number of piperazine rings is 1. The van der Waals surface area contributed by atoms with Crippen molar-refractivity contribution in [3.8, 4) is 11.5 Å². The van der Waals surface area contributed by atoms with Gasteiger partial charge in [0, 0.05) is 67.0 Å². The van der Waals surface area contributed by atoms with Crippen molar-refractivity contribution in [1.82, 2.24) is 9.88 Å². The summed E-state index contributed by atoms with van der Waals surface area (Å²) < 4.78 is 17.0. The molecular formula is C28H31N3O4. The quantitative estimate of drug-likeness (QED) is 0.288. The zero-order chi connectivity index (χ0) is 24.4. The average molecular weight is 474 g/mol. The summed E-state index contributed by atoms with van der Waals surface area (Å²) in [4.78, 5) is 21.4. The lowest BCUT2D eigenvalue weighted by Gasteiger charge is -2.36. The maximum absolute atomic E-state index is 12.0. The van der Waals surface area contributed by atoms with Gasteiger partial charge in [-0.2, -0.15) is 0 Å². The number of hydrogen-bond donors (Lipinski definition) is 0. The van der Waals surface area contributed by atoms with E-state index in [1.165, 1.54) is 11.1 Å². The number of methoxy groups -OCH3 is 1. The lowest BCUT2D eigenvalue weighted by molar-refractivity contribution is 0.221. The molecule has 0 atom stereocenters. The topological polar surface area (TPSA) is 68.0 Å². The Labute approximate surface area is 204 Å². The standard InChI is InChI=1S/C28H31N3O4/c1-19-20(2)28(32)35-25-18-26(33-3)27(17-23(19)25)34-15-5-10-30-11-13-31(14-12-30)22-7-8-24-21(16-22)6-4-9-29-24/h4,6-9,16-18H,5,10-15H2,1-3H3. The second-order valence-electron chi connectivity index (χ2n) is 9.05. The van der Waals surface area contributed by atoms with Gasteiger partial charge in [0.05, 0.1) is 19.2 Å². The molecule has 0 saturated carbocycles. The number of rotatable bonds is 7. The monoisotopic (exact) mass is 473 g/mol. The van der Waals surface area contributed by atoms with Gasteiger partial charge in [0.2, 0.25) is 0 Å². The van der Waals surface area contributed by atoms with E-state index in [0.29, 0.717) is 29.3 Å². The number of pyridine rings is 1. The highest BCUT2D eigenvalue weighted by molar-refractivity contribution is 5.85. The van der Waals surface area contributed by atoms with Crippen molar-refractivity contribution in [3.63, 3.8) is 0 Å². The van der Waals surface area contributed by atoms with Crippen LogP contribution in [0.2, 0.25) is 0 Å². The van der Waals surface area contributed by atoms with Crippen LogP contribution in [0, 0.1) is 13.8 Å². The number of aryl methyl sites for hydroxylation is 1. The maximum Gasteiger partial charge on any atom is 0.339 e. The second-order valence-corrected chi connectivity index (χ2v) is 9.05. The molecule has 1 saturated heterocycles. The van der Waals surface area contributed by atoms with Gasteiger partial charge >= 0.3 is 5.63 Å². The molecule has 35 heavy (non-hydrogen) atoms. The number of nitrogens with zero attached hydrogens (tertiary/aromatic N) is 3. The van der Waals surface area contributed by atoms with Gasteiger partial charge in [0.1, 0.15) is 5.58 Å². The number of anilines is 1. The van der Waals surface area contributed by atoms with E-state index in [-0.39, 0.29) is 5.63 Å². The first-order valence-corrected chi connectivity index (χ1v) is 12.1. The fourth-order valence-electron chi connectivity index (χ4n) is 4.68. The van der Waals surface area contributed by atoms with E-state index in [0.717, 1.165) is 55.6 Å². The van der Waals surface area contributed by atoms with E-state index in [2.05, 4.69) is 39.0 Å². The number of aromatic nitrogens is 1. The molecule has 1 aliphatic rings. The Morgan fingerprint density at radius 2 is 1.83 bits per heavy atom. The van der Waals surface area contributed by atoms with Crippen molar-refractivity contribution < 1.29 is 13.9 Å². The molecule has 0 unspecified atom stereocenters. The first kappa shape index (κ1) is 23.2. The van der Waals surface area contributed by atoms with Crippen LogP contribution in [0.4, 0.5) is 5.69 Å². The minimum Gasteiger partial charge on any atom is -0.493 e. The summed E-state index contributed by atoms with van der Waals surface area (Å²) in [5.74, 6) is 1.25. The fourth-order valence-corrected chi connectivity index (χ4v) is 4.68. The molecule has 0 radical (unpaired) electrons. The summed E-state index contributed by atoms with van der Waals surface area (Å²) in [5.41, 5.74) is 4.02. The normalized spacial score (nSPS) is 14.5. The molecule has 0 amide bonds. The first-order valence-electron chi connectivity index (χ1n) is 12.1. The Morgan fingerprint density at radius 1 is 1.00 bits per heavy atom. The molecule has 0 spiro atoms. The van der Waals surface area contributed by atoms with Gasteiger partial charge in [0.15, 0.2) is 11.5 Å². The van der Waals surface area contributed by atoms with E-state index in [9.17, 15) is 4.79 Å². The van der Waals surface area contributed by atoms with E-state index < -0.39 is 0 Å². The van der Waals surface area contributed by atoms with Crippen LogP contribution >= 0.6 is 0 Å². The van der Waals surface area contributed by atoms with Gasteiger partial charge in [-0.25, -0.2) is 4.79 Å². The Kier molecular flexibility index (Phi) is 6.59. The van der Waals surface area contributed by atoms with E-state index in [1.807, 2.05) is 25.3 Å². The van der Waals surface area contributed by atoms with Crippen LogP contribution < -0.4 is 20.0 Å². The van der Waals surface area contributed by atoms with E-state index in [4.69, 9.17) is 13.9 Å². The highest BCUT2D eigenvalue weighted by atomic mass is 16.5. The Balaban J connectivity index is 1.15. The Bertz CT molecular complexity index is 1410. The molecule has 0 bridgehead atoms. The molecular weight excluding hydrogens is 442 g/mol. The maximum atomic E-state index is 12.0. The number of ether oxygens (including phenoxy) is 2. The number of fused-ring (bicyclic) bond motifs is 2. The van der Waals surface area contributed by atoms with Crippen molar-refractivity contribution >= 4 is 27.6 Å². The molecule has 3 heterocycles. The Hall–Kier alpha value is -3.58. The van der Waals surface area contributed by atoms with Gasteiger partial charge in [-0.15, -0.1) is 0 Å². The summed E-state index contributed by atoms with van der Waals surface area (Å²) in [6.07, 6.45) is 2.76. The first-order chi connectivity index (χ1) is 17.0. The van der Waals surface area contributed by atoms with Gasteiger partial charge in [-0.05, 0) is 56.2 Å². The third kappa shape index (κ3) is 4.82. The lowest BCUT2D eigenvalue weighted by atomic mass is 10.1. The smallest absolute Gasteiger partial charge is 0.339 e. The van der Waals surface area contributed by atoms with E-state index in [1.54, 1.807) is 20.1 Å². The van der Waals surface area contributed by atoms with E-state index >= 15 is 0 Å². The molecule has 2 aromatic heterocycles. The summed E-state index contributed by atoms with van der Waals surface area (Å²) in [6, 6.07) is 14.3. The SMILES string of the molecule is COc1cc2oc(=O)c(C)c(C)c2cc1OCCCN1CCN(c2ccc3ncccc3c2)CC1. The predicted octanol–water partition coefficient (Wildman–Crippen LogP) is 4.56. The molecule has 1 fully saturated rings. The van der Waals surface area contributed by atoms with Crippen LogP contribution in [0.3, 0.4) is 0 Å². The van der Waals surface area contributed by atoms with Crippen LogP contribution in [-0.2, 0) is 0 Å². The second kappa shape index (κ2) is 9.96. The van der Waals surface area contributed by atoms with Crippen LogP contribution in [0.25, 0.3) is 21.9 Å². The zero-order valence-electron chi connectivity index (χ0n) is 20.5. The molecule has 182 valence electrons. The number of hydrogen-bond acceptors (Lipinski definition) is 7. The van der Waals surface area contributed by atoms with Gasteiger partial charge in [-0.3, -0.25) is 9.88 Å². The highest BCUT2D eigenvalue weighted by Crippen LogP contribution is 2.34. The van der Waals surface area contributed by atoms with Crippen LogP contribution in [0.5, 0.6) is 11.5 Å². The average Bonchev–Trinajstić information content (AvgIpc) is 2.89. The van der Waals surface area contributed by atoms with Crippen molar-refractivity contribution in [2.45, 2.75) is 20.3 Å². The third-order valence-electron chi connectivity index (χ3n) is 6.94. The summed E-state index contributed by atoms with van der Waals surface area (Å²) in [7, 11) is 1.60. The zero-order valence-corrected chi connectivity index (χ0v) is 20.5. The molecule has 1 aliphatic heterocycles. The molecule has 7 heteroatoms. The molecule has 4 aromatic rings. The van der Waals surface area contributed by atoms with Gasteiger partial charge in [0.25, 0.3) is 0 Å². The summed E-state index contributed by atoms with van der Waals surface area (Å²) in [6.45, 7) is 9.36. The predicted molar refractivity (Wildman–Crippen MR) is 139 cm³/mol. The van der Waals surface area contributed by atoms with Gasteiger partial charge in [-0.1, -0.05) is 6.07 Å². The van der Waals surface area contributed by atoms with Crippen molar-refractivity contribution in [2.75, 3.05) is 51.3 Å². The van der Waals surface area contributed by atoms with Crippen molar-refractivity contribution in [1.29, 1.82) is 0 Å².